The highest BCUT2D eigenvalue weighted by molar-refractivity contribution is 7.92. The van der Waals surface area contributed by atoms with Crippen molar-refractivity contribution >= 4 is 51.0 Å². The lowest BCUT2D eigenvalue weighted by Gasteiger charge is -2.23. The molecule has 1 aromatic heterocycles. The normalized spacial score (nSPS) is 11.6. The summed E-state index contributed by atoms with van der Waals surface area (Å²) in [5.41, 5.74) is 6.98. The van der Waals surface area contributed by atoms with E-state index in [1.54, 1.807) is 48.5 Å². The number of aryl methyl sites for hydroxylation is 2. The van der Waals surface area contributed by atoms with Gasteiger partial charge in [-0.1, -0.05) is 65.2 Å². The maximum Gasteiger partial charge on any atom is 0.264 e. The molecule has 0 aliphatic rings. The Kier molecular flexibility index (Phi) is 8.26. The first kappa shape index (κ1) is 27.4. The van der Waals surface area contributed by atoms with Crippen LogP contribution in [0.4, 0.5) is 5.69 Å². The van der Waals surface area contributed by atoms with E-state index < -0.39 is 22.5 Å². The highest BCUT2D eigenvalue weighted by Crippen LogP contribution is 2.31. The van der Waals surface area contributed by atoms with Gasteiger partial charge in [0.1, 0.15) is 6.54 Å². The number of aromatic nitrogens is 1. The molecular formula is C28H26Cl2N4O3S. The van der Waals surface area contributed by atoms with Gasteiger partial charge in [-0.15, -0.1) is 0 Å². The smallest absolute Gasteiger partial charge is 0.264 e. The molecule has 0 saturated carbocycles. The number of hydrogen-bond donors (Lipinski definition) is 1. The number of para-hydroxylation sites is 1. The number of benzene rings is 3. The predicted octanol–water partition coefficient (Wildman–Crippen LogP) is 6.05. The maximum atomic E-state index is 13.4. The lowest BCUT2D eigenvalue weighted by Crippen LogP contribution is -2.39. The zero-order chi connectivity index (χ0) is 27.4. The van der Waals surface area contributed by atoms with Crippen LogP contribution in [0.5, 0.6) is 0 Å². The van der Waals surface area contributed by atoms with Gasteiger partial charge in [-0.2, -0.15) is 5.10 Å². The molecule has 0 atom stereocenters. The van der Waals surface area contributed by atoms with Gasteiger partial charge in [0.15, 0.2) is 0 Å². The number of carbonyl (C=O) groups excluding carboxylic acids is 1. The summed E-state index contributed by atoms with van der Waals surface area (Å²) < 4.78 is 29.9. The van der Waals surface area contributed by atoms with E-state index in [-0.39, 0.29) is 4.90 Å². The SMILES string of the molecule is Cc1ccc(S(=O)(=O)N(CC(=O)N/N=C\c2cc(C)n(-c3cccc(Cl)c3Cl)c2C)c2ccccc2)cc1. The molecule has 0 saturated heterocycles. The van der Waals surface area contributed by atoms with E-state index >= 15 is 0 Å². The molecule has 0 spiro atoms. The minimum atomic E-state index is -4.00. The topological polar surface area (TPSA) is 83.8 Å². The third-order valence-corrected chi connectivity index (χ3v) is 8.57. The van der Waals surface area contributed by atoms with Crippen LogP contribution in [-0.4, -0.2) is 31.7 Å². The summed E-state index contributed by atoms with van der Waals surface area (Å²) in [6.07, 6.45) is 1.51. The molecule has 4 aromatic rings. The third-order valence-electron chi connectivity index (χ3n) is 5.98. The Labute approximate surface area is 232 Å². The summed E-state index contributed by atoms with van der Waals surface area (Å²) in [6, 6.07) is 22.3. The molecule has 1 amide bonds. The van der Waals surface area contributed by atoms with Gasteiger partial charge in [-0.05, 0) is 63.2 Å². The van der Waals surface area contributed by atoms with E-state index in [0.717, 1.165) is 32.5 Å². The van der Waals surface area contributed by atoms with E-state index in [1.165, 1.54) is 18.3 Å². The van der Waals surface area contributed by atoms with Crippen LogP contribution >= 0.6 is 23.2 Å². The second-order valence-electron chi connectivity index (χ2n) is 8.69. The summed E-state index contributed by atoms with van der Waals surface area (Å²) >= 11 is 12.6. The molecular weight excluding hydrogens is 543 g/mol. The van der Waals surface area contributed by atoms with Crippen molar-refractivity contribution in [3.05, 3.63) is 111 Å². The van der Waals surface area contributed by atoms with Crippen molar-refractivity contribution in [2.45, 2.75) is 25.7 Å². The Hall–Kier alpha value is -3.59. The first-order valence-electron chi connectivity index (χ1n) is 11.7. The quantitative estimate of drug-likeness (QED) is 0.207. The number of nitrogens with one attached hydrogen (secondary N) is 1. The Morgan fingerprint density at radius 3 is 2.34 bits per heavy atom. The van der Waals surface area contributed by atoms with Gasteiger partial charge in [-0.25, -0.2) is 13.8 Å². The first-order valence-corrected chi connectivity index (χ1v) is 13.9. The number of anilines is 1. The number of hydrogen-bond acceptors (Lipinski definition) is 4. The number of carbonyl (C=O) groups is 1. The Morgan fingerprint density at radius 1 is 0.974 bits per heavy atom. The fourth-order valence-electron chi connectivity index (χ4n) is 4.04. The molecule has 3 aromatic carbocycles. The number of amides is 1. The molecule has 4 rings (SSSR count). The molecule has 0 aliphatic carbocycles. The molecule has 38 heavy (non-hydrogen) atoms. The lowest BCUT2D eigenvalue weighted by molar-refractivity contribution is -0.119. The largest absolute Gasteiger partial charge is 0.316 e. The van der Waals surface area contributed by atoms with Crippen LogP contribution in [-0.2, 0) is 14.8 Å². The Bertz CT molecular complexity index is 1600. The van der Waals surface area contributed by atoms with Crippen molar-refractivity contribution in [1.82, 2.24) is 9.99 Å². The van der Waals surface area contributed by atoms with E-state index in [2.05, 4.69) is 10.5 Å². The van der Waals surface area contributed by atoms with Crippen LogP contribution in [0.1, 0.15) is 22.5 Å². The second kappa shape index (κ2) is 11.4. The van der Waals surface area contributed by atoms with Crippen LogP contribution in [0.25, 0.3) is 5.69 Å². The Morgan fingerprint density at radius 2 is 1.66 bits per heavy atom. The molecule has 196 valence electrons. The van der Waals surface area contributed by atoms with Crippen LogP contribution in [0, 0.1) is 20.8 Å². The lowest BCUT2D eigenvalue weighted by atomic mass is 10.2. The van der Waals surface area contributed by atoms with Crippen molar-refractivity contribution in [2.75, 3.05) is 10.8 Å². The Balaban J connectivity index is 1.55. The number of nitrogens with zero attached hydrogens (tertiary/aromatic N) is 3. The summed E-state index contributed by atoms with van der Waals surface area (Å²) in [5.74, 6) is -0.590. The maximum absolute atomic E-state index is 13.4. The third kappa shape index (κ3) is 5.78. The molecule has 10 heteroatoms. The van der Waals surface area contributed by atoms with Crippen molar-refractivity contribution in [3.63, 3.8) is 0 Å². The molecule has 0 radical (unpaired) electrons. The van der Waals surface area contributed by atoms with Gasteiger partial charge < -0.3 is 4.57 Å². The van der Waals surface area contributed by atoms with Crippen molar-refractivity contribution in [2.24, 2.45) is 5.10 Å². The fraction of sp³-hybridized carbons (Fsp3) is 0.143. The number of halogens is 2. The van der Waals surface area contributed by atoms with Gasteiger partial charge >= 0.3 is 0 Å². The minimum absolute atomic E-state index is 0.0929. The minimum Gasteiger partial charge on any atom is -0.316 e. The van der Waals surface area contributed by atoms with Crippen LogP contribution in [0.2, 0.25) is 10.0 Å². The van der Waals surface area contributed by atoms with Crippen molar-refractivity contribution in [3.8, 4) is 5.69 Å². The predicted molar refractivity (Wildman–Crippen MR) is 153 cm³/mol. The second-order valence-corrected chi connectivity index (χ2v) is 11.3. The molecule has 1 N–H and O–H groups in total. The average molecular weight is 570 g/mol. The van der Waals surface area contributed by atoms with Crippen LogP contribution in [0.3, 0.4) is 0 Å². The monoisotopic (exact) mass is 568 g/mol. The molecule has 0 aliphatic heterocycles. The zero-order valence-electron chi connectivity index (χ0n) is 21.0. The summed E-state index contributed by atoms with van der Waals surface area (Å²) in [5, 5.41) is 4.97. The standard InChI is InChI=1S/C28H26Cl2N4O3S/c1-19-12-14-24(15-13-19)38(36,37)33(23-8-5-4-6-9-23)18-27(35)32-31-17-22-16-20(2)34(21(22)3)26-11-7-10-25(29)28(26)30/h4-17H,18H2,1-3H3,(H,32,35)/b31-17-. The van der Waals surface area contributed by atoms with E-state index in [9.17, 15) is 13.2 Å². The van der Waals surface area contributed by atoms with Crippen molar-refractivity contribution in [1.29, 1.82) is 0 Å². The van der Waals surface area contributed by atoms with E-state index in [4.69, 9.17) is 23.2 Å². The number of hydrazone groups is 1. The van der Waals surface area contributed by atoms with Crippen molar-refractivity contribution < 1.29 is 13.2 Å². The van der Waals surface area contributed by atoms with Crippen LogP contribution in [0.15, 0.2) is 88.9 Å². The highest BCUT2D eigenvalue weighted by atomic mass is 35.5. The van der Waals surface area contributed by atoms with E-state index in [0.29, 0.717) is 15.7 Å². The number of sulfonamides is 1. The molecule has 0 bridgehead atoms. The molecule has 0 fully saturated rings. The average Bonchev–Trinajstić information content (AvgIpc) is 3.17. The summed E-state index contributed by atoms with van der Waals surface area (Å²) in [6.45, 7) is 5.25. The van der Waals surface area contributed by atoms with Crippen LogP contribution < -0.4 is 9.73 Å². The first-order chi connectivity index (χ1) is 18.1. The molecule has 0 unspecified atom stereocenters. The van der Waals surface area contributed by atoms with Gasteiger partial charge in [0.2, 0.25) is 0 Å². The highest BCUT2D eigenvalue weighted by Gasteiger charge is 2.27. The van der Waals surface area contributed by atoms with Gasteiger partial charge in [0, 0.05) is 17.0 Å². The fourth-order valence-corrected chi connectivity index (χ4v) is 5.84. The van der Waals surface area contributed by atoms with Gasteiger partial charge in [0.25, 0.3) is 15.9 Å². The molecule has 7 nitrogen and oxygen atoms in total. The summed E-state index contributed by atoms with van der Waals surface area (Å²) in [4.78, 5) is 12.9. The van der Waals surface area contributed by atoms with Gasteiger partial charge in [0.05, 0.1) is 32.5 Å². The zero-order valence-corrected chi connectivity index (χ0v) is 23.3. The molecule has 1 heterocycles. The van der Waals surface area contributed by atoms with Gasteiger partial charge in [-0.3, -0.25) is 9.10 Å². The number of rotatable bonds is 8. The summed E-state index contributed by atoms with van der Waals surface area (Å²) in [7, 11) is -4.00. The van der Waals surface area contributed by atoms with E-state index in [1.807, 2.05) is 43.5 Å².